The van der Waals surface area contributed by atoms with E-state index >= 15 is 0 Å². The van der Waals surface area contributed by atoms with E-state index in [0.717, 1.165) is 12.8 Å². The van der Waals surface area contributed by atoms with Crippen molar-refractivity contribution in [3.8, 4) is 11.4 Å². The number of hydrogen-bond acceptors (Lipinski definition) is 5. The van der Waals surface area contributed by atoms with Crippen LogP contribution >= 0.6 is 0 Å². The third-order valence-corrected chi connectivity index (χ3v) is 4.21. The number of aromatic amines is 1. The topological polar surface area (TPSA) is 112 Å². The molecule has 8 nitrogen and oxygen atoms in total. The van der Waals surface area contributed by atoms with Crippen molar-refractivity contribution in [1.82, 2.24) is 25.6 Å². The summed E-state index contributed by atoms with van der Waals surface area (Å²) >= 11 is 0. The molecule has 0 bridgehead atoms. The zero-order valence-electron chi connectivity index (χ0n) is 15.9. The van der Waals surface area contributed by atoms with Gasteiger partial charge in [0.05, 0.1) is 0 Å². The molecule has 0 radical (unpaired) electrons. The van der Waals surface area contributed by atoms with Crippen molar-refractivity contribution in [2.75, 3.05) is 11.9 Å². The predicted octanol–water partition coefficient (Wildman–Crippen LogP) is 2.23. The minimum atomic E-state index is -4.49. The first-order chi connectivity index (χ1) is 13.5. The number of carbonyl (C=O) groups is 2. The average Bonchev–Trinajstić information content (AvgIpc) is 3.30. The summed E-state index contributed by atoms with van der Waals surface area (Å²) < 4.78 is 36.9. The Balaban J connectivity index is 1.68. The van der Waals surface area contributed by atoms with Crippen molar-refractivity contribution in [3.05, 3.63) is 30.2 Å². The second-order valence-electron chi connectivity index (χ2n) is 7.36. The molecule has 2 amide bonds. The molecule has 11 heteroatoms. The van der Waals surface area contributed by atoms with E-state index in [2.05, 4.69) is 25.6 Å². The van der Waals surface area contributed by atoms with Gasteiger partial charge in [0.15, 0.2) is 5.82 Å². The Bertz CT molecular complexity index is 905. The van der Waals surface area contributed by atoms with Crippen molar-refractivity contribution in [2.45, 2.75) is 44.4 Å². The largest absolute Gasteiger partial charge is 0.405 e. The standard InChI is InChI=1S/C18H21F3N6O2/c1-17(2,16(29)24-9-18(19,20)21)27-13-5-6-22-14(26-13)10-7-12(23-8-10)15(28)25-11-3-4-11/h5-8,11,23H,3-4,9H2,1-2H3,(H,24,29)(H,25,28)(H,22,26,27). The van der Waals surface area contributed by atoms with Gasteiger partial charge in [-0.25, -0.2) is 9.97 Å². The zero-order valence-corrected chi connectivity index (χ0v) is 15.9. The van der Waals surface area contributed by atoms with Gasteiger partial charge in [0.1, 0.15) is 23.6 Å². The van der Waals surface area contributed by atoms with Crippen molar-refractivity contribution in [1.29, 1.82) is 0 Å². The number of halogens is 3. The zero-order chi connectivity index (χ0) is 21.2. The highest BCUT2D eigenvalue weighted by molar-refractivity contribution is 5.94. The molecule has 156 valence electrons. The first-order valence-corrected chi connectivity index (χ1v) is 8.99. The molecule has 1 aliphatic carbocycles. The number of anilines is 1. The lowest BCUT2D eigenvalue weighted by Crippen LogP contribution is -2.50. The van der Waals surface area contributed by atoms with Gasteiger partial charge in [-0.15, -0.1) is 0 Å². The molecule has 0 aliphatic heterocycles. The van der Waals surface area contributed by atoms with Gasteiger partial charge in [0.2, 0.25) is 5.91 Å². The molecule has 1 aliphatic rings. The first-order valence-electron chi connectivity index (χ1n) is 8.99. The van der Waals surface area contributed by atoms with Crippen LogP contribution in [-0.4, -0.2) is 51.1 Å². The lowest BCUT2D eigenvalue weighted by Gasteiger charge is -2.26. The van der Waals surface area contributed by atoms with Crippen molar-refractivity contribution < 1.29 is 22.8 Å². The van der Waals surface area contributed by atoms with Gasteiger partial charge in [-0.1, -0.05) is 0 Å². The minimum absolute atomic E-state index is 0.213. The van der Waals surface area contributed by atoms with Gasteiger partial charge < -0.3 is 20.9 Å². The number of alkyl halides is 3. The summed E-state index contributed by atoms with van der Waals surface area (Å²) in [5.74, 6) is -0.485. The molecule has 0 saturated heterocycles. The fourth-order valence-electron chi connectivity index (χ4n) is 2.49. The van der Waals surface area contributed by atoms with Crippen LogP contribution in [0.15, 0.2) is 24.5 Å². The second-order valence-corrected chi connectivity index (χ2v) is 7.36. The molecular weight excluding hydrogens is 389 g/mol. The van der Waals surface area contributed by atoms with Crippen LogP contribution < -0.4 is 16.0 Å². The maximum absolute atomic E-state index is 12.3. The molecular formula is C18H21F3N6O2. The quantitative estimate of drug-likeness (QED) is 0.559. The summed E-state index contributed by atoms with van der Waals surface area (Å²) in [6.07, 6.45) is 0.490. The number of carbonyl (C=O) groups excluding carboxylic acids is 2. The lowest BCUT2D eigenvalue weighted by molar-refractivity contribution is -0.140. The predicted molar refractivity (Wildman–Crippen MR) is 99.1 cm³/mol. The highest BCUT2D eigenvalue weighted by Crippen LogP contribution is 2.22. The molecule has 0 spiro atoms. The normalized spacial score (nSPS) is 14.4. The van der Waals surface area contributed by atoms with Crippen LogP contribution in [0.3, 0.4) is 0 Å². The number of hydrogen-bond donors (Lipinski definition) is 4. The highest BCUT2D eigenvalue weighted by atomic mass is 19.4. The van der Waals surface area contributed by atoms with Crippen LogP contribution in [0.2, 0.25) is 0 Å². The number of rotatable bonds is 7. The van der Waals surface area contributed by atoms with Gasteiger partial charge >= 0.3 is 6.18 Å². The number of nitrogens with one attached hydrogen (secondary N) is 4. The van der Waals surface area contributed by atoms with Gasteiger partial charge in [-0.2, -0.15) is 13.2 Å². The number of amides is 2. The van der Waals surface area contributed by atoms with Crippen LogP contribution in [0.4, 0.5) is 19.0 Å². The monoisotopic (exact) mass is 410 g/mol. The molecule has 1 saturated carbocycles. The molecule has 2 aromatic heterocycles. The Morgan fingerprint density at radius 2 is 2.00 bits per heavy atom. The summed E-state index contributed by atoms with van der Waals surface area (Å²) in [6, 6.07) is 3.33. The maximum atomic E-state index is 12.3. The SMILES string of the molecule is CC(C)(Nc1ccnc(-c2c[nH]c(C(=O)NC3CC3)c2)n1)C(=O)NCC(F)(F)F. The summed E-state index contributed by atoms with van der Waals surface area (Å²) in [5.41, 5.74) is -0.403. The number of H-pyrrole nitrogens is 1. The van der Waals surface area contributed by atoms with Crippen LogP contribution in [0.25, 0.3) is 11.4 Å². The summed E-state index contributed by atoms with van der Waals surface area (Å²) in [5, 5.41) is 7.52. The molecule has 2 aromatic rings. The lowest BCUT2D eigenvalue weighted by atomic mass is 10.0. The van der Waals surface area contributed by atoms with Crippen LogP contribution in [0.5, 0.6) is 0 Å². The molecule has 0 unspecified atom stereocenters. The van der Waals surface area contributed by atoms with E-state index in [-0.39, 0.29) is 17.8 Å². The fraction of sp³-hybridized carbons (Fsp3) is 0.444. The smallest absolute Gasteiger partial charge is 0.356 e. The fourth-order valence-corrected chi connectivity index (χ4v) is 2.49. The van der Waals surface area contributed by atoms with E-state index < -0.39 is 24.2 Å². The Hall–Kier alpha value is -3.11. The average molecular weight is 410 g/mol. The van der Waals surface area contributed by atoms with E-state index in [1.165, 1.54) is 26.1 Å². The van der Waals surface area contributed by atoms with Crippen molar-refractivity contribution in [3.63, 3.8) is 0 Å². The maximum Gasteiger partial charge on any atom is 0.405 e. The first kappa shape index (κ1) is 20.6. The Kier molecular flexibility index (Phi) is 5.49. The molecule has 1 fully saturated rings. The van der Waals surface area contributed by atoms with E-state index in [1.807, 2.05) is 5.32 Å². The van der Waals surface area contributed by atoms with Gasteiger partial charge in [0, 0.05) is 24.0 Å². The van der Waals surface area contributed by atoms with Gasteiger partial charge in [-0.3, -0.25) is 9.59 Å². The molecule has 4 N–H and O–H groups in total. The molecule has 2 heterocycles. The molecule has 0 aromatic carbocycles. The van der Waals surface area contributed by atoms with Crippen LogP contribution in [0, 0.1) is 0 Å². The highest BCUT2D eigenvalue weighted by Gasteiger charge is 2.33. The second kappa shape index (κ2) is 7.72. The summed E-state index contributed by atoms with van der Waals surface area (Å²) in [7, 11) is 0. The van der Waals surface area contributed by atoms with E-state index in [9.17, 15) is 22.8 Å². The molecule has 29 heavy (non-hydrogen) atoms. The summed E-state index contributed by atoms with van der Waals surface area (Å²) in [4.78, 5) is 35.5. The number of nitrogens with zero attached hydrogens (tertiary/aromatic N) is 2. The summed E-state index contributed by atoms with van der Waals surface area (Å²) in [6.45, 7) is 1.47. The van der Waals surface area contributed by atoms with Crippen LogP contribution in [-0.2, 0) is 4.79 Å². The molecule has 3 rings (SSSR count). The Morgan fingerprint density at radius 3 is 2.66 bits per heavy atom. The van der Waals surface area contributed by atoms with Gasteiger partial charge in [0.25, 0.3) is 5.91 Å². The third kappa shape index (κ3) is 5.69. The van der Waals surface area contributed by atoms with E-state index in [0.29, 0.717) is 17.1 Å². The minimum Gasteiger partial charge on any atom is -0.356 e. The van der Waals surface area contributed by atoms with Crippen LogP contribution in [0.1, 0.15) is 37.2 Å². The Labute approximate surface area is 164 Å². The number of aromatic nitrogens is 3. The van der Waals surface area contributed by atoms with Crippen molar-refractivity contribution in [2.24, 2.45) is 0 Å². The van der Waals surface area contributed by atoms with Gasteiger partial charge in [-0.05, 0) is 38.8 Å². The van der Waals surface area contributed by atoms with E-state index in [1.54, 1.807) is 12.3 Å². The third-order valence-electron chi connectivity index (χ3n) is 4.21. The van der Waals surface area contributed by atoms with E-state index in [4.69, 9.17) is 0 Å². The Morgan fingerprint density at radius 1 is 1.28 bits per heavy atom. The van der Waals surface area contributed by atoms with Crippen molar-refractivity contribution >= 4 is 17.6 Å². The molecule has 0 atom stereocenters.